The molecule has 0 heterocycles. The Bertz CT molecular complexity index is 775. The van der Waals surface area contributed by atoms with Crippen molar-refractivity contribution in [3.63, 3.8) is 0 Å². The molecule has 28 heavy (non-hydrogen) atoms. The number of nitrogens with zero attached hydrogens (tertiary/aromatic N) is 1. The van der Waals surface area contributed by atoms with Gasteiger partial charge >= 0.3 is 0 Å². The van der Waals surface area contributed by atoms with Crippen molar-refractivity contribution in [2.45, 2.75) is 52.2 Å². The second-order valence-corrected chi connectivity index (χ2v) is 10.0. The number of benzene rings is 2. The van der Waals surface area contributed by atoms with Gasteiger partial charge in [-0.05, 0) is 50.8 Å². The minimum absolute atomic E-state index is 0.0248. The van der Waals surface area contributed by atoms with E-state index in [0.29, 0.717) is 8.58 Å². The van der Waals surface area contributed by atoms with Crippen molar-refractivity contribution < 1.29 is 9.47 Å². The molecule has 0 bridgehead atoms. The summed E-state index contributed by atoms with van der Waals surface area (Å²) in [5.41, 5.74) is 5.19. The fraction of sp³-hybridized carbons (Fsp3) is 0.500. The van der Waals surface area contributed by atoms with Crippen LogP contribution in [0.1, 0.15) is 48.9 Å². The Hall–Kier alpha value is -1.41. The van der Waals surface area contributed by atoms with Gasteiger partial charge in [-0.3, -0.25) is 0 Å². The molecule has 0 aromatic heterocycles. The fourth-order valence-electron chi connectivity index (χ4n) is 3.86. The monoisotopic (exact) mass is 401 g/mol. The number of aryl methyl sites for hydroxylation is 2. The van der Waals surface area contributed by atoms with Crippen molar-refractivity contribution in [2.24, 2.45) is 0 Å². The van der Waals surface area contributed by atoms with E-state index in [1.807, 2.05) is 0 Å². The van der Waals surface area contributed by atoms with Crippen LogP contribution in [-0.2, 0) is 16.4 Å². The van der Waals surface area contributed by atoms with Crippen molar-refractivity contribution in [2.75, 3.05) is 28.0 Å². The average Bonchev–Trinajstić information content (AvgIpc) is 2.62. The third-order valence-corrected chi connectivity index (χ3v) is 6.83. The first kappa shape index (κ1) is 22.9. The fourth-order valence-corrected chi connectivity index (χ4v) is 5.65. The van der Waals surface area contributed by atoms with Crippen LogP contribution < -0.4 is 10.0 Å². The van der Waals surface area contributed by atoms with Crippen LogP contribution >= 0.6 is 8.58 Å². The maximum absolute atomic E-state index is 6.07. The van der Waals surface area contributed by atoms with E-state index in [9.17, 15) is 0 Å². The summed E-state index contributed by atoms with van der Waals surface area (Å²) in [7, 11) is 6.61. The molecule has 0 aliphatic carbocycles. The smallest absolute Gasteiger partial charge is 0.188 e. The predicted octanol–water partition coefficient (Wildman–Crippen LogP) is 5.37. The minimum Gasteiger partial charge on any atom is -0.467 e. The van der Waals surface area contributed by atoms with Crippen LogP contribution in [0.3, 0.4) is 0 Å². The van der Waals surface area contributed by atoms with Crippen molar-refractivity contribution >= 4 is 13.9 Å². The normalized spacial score (nSPS) is 14.0. The quantitative estimate of drug-likeness (QED) is 0.395. The summed E-state index contributed by atoms with van der Waals surface area (Å²) in [6, 6.07) is 13.4. The summed E-state index contributed by atoms with van der Waals surface area (Å²) in [4.78, 5) is 2.24. The van der Waals surface area contributed by atoms with Gasteiger partial charge in [-0.25, -0.2) is 0 Å². The molecule has 2 aromatic rings. The van der Waals surface area contributed by atoms with Gasteiger partial charge < -0.3 is 14.4 Å². The second-order valence-electron chi connectivity index (χ2n) is 8.11. The average molecular weight is 402 g/mol. The topological polar surface area (TPSA) is 21.7 Å². The molecular weight excluding hydrogens is 365 g/mol. The molecule has 0 aliphatic rings. The van der Waals surface area contributed by atoms with E-state index in [2.05, 4.69) is 83.1 Å². The van der Waals surface area contributed by atoms with E-state index >= 15 is 0 Å². The third-order valence-electron chi connectivity index (χ3n) is 5.00. The van der Waals surface area contributed by atoms with Crippen LogP contribution in [0.2, 0.25) is 0 Å². The highest BCUT2D eigenvalue weighted by atomic mass is 31.1. The molecule has 2 rings (SSSR count). The Balaban J connectivity index is 2.53. The van der Waals surface area contributed by atoms with E-state index in [1.54, 1.807) is 7.11 Å². The Kier molecular flexibility index (Phi) is 8.49. The largest absolute Gasteiger partial charge is 0.467 e. The SMILES string of the molecule is CCCC(C)(Pc1ccccc1CN(C)C)c1cc(C)cc(C)c1OCOC. The summed E-state index contributed by atoms with van der Waals surface area (Å²) < 4.78 is 11.3. The number of hydrogen-bond acceptors (Lipinski definition) is 3. The zero-order valence-corrected chi connectivity index (χ0v) is 19.6. The van der Waals surface area contributed by atoms with E-state index in [0.717, 1.165) is 25.1 Å². The Morgan fingerprint density at radius 3 is 2.46 bits per heavy atom. The second kappa shape index (κ2) is 10.4. The van der Waals surface area contributed by atoms with Gasteiger partial charge in [-0.15, -0.1) is 0 Å². The van der Waals surface area contributed by atoms with Crippen LogP contribution in [0, 0.1) is 13.8 Å². The Labute approximate surface area is 173 Å². The Morgan fingerprint density at radius 1 is 1.11 bits per heavy atom. The maximum Gasteiger partial charge on any atom is 0.188 e. The lowest BCUT2D eigenvalue weighted by Gasteiger charge is -2.34. The van der Waals surface area contributed by atoms with Gasteiger partial charge in [0.2, 0.25) is 0 Å². The van der Waals surface area contributed by atoms with Crippen molar-refractivity contribution in [1.29, 1.82) is 0 Å². The first-order valence-corrected chi connectivity index (χ1v) is 11.0. The molecule has 0 aliphatic heterocycles. The standard InChI is InChI=1S/C24H36NO2P/c1-8-13-24(4,28-22-12-10-9-11-20(22)16-25(5)6)21-15-18(2)14-19(3)23(21)27-17-26-7/h9-12,14-15,28H,8,13,16-17H2,1-7H3. The molecule has 0 saturated carbocycles. The van der Waals surface area contributed by atoms with Gasteiger partial charge in [-0.2, -0.15) is 0 Å². The van der Waals surface area contributed by atoms with Gasteiger partial charge in [0.05, 0.1) is 0 Å². The zero-order valence-electron chi connectivity index (χ0n) is 18.6. The third kappa shape index (κ3) is 5.80. The van der Waals surface area contributed by atoms with E-state index in [4.69, 9.17) is 9.47 Å². The van der Waals surface area contributed by atoms with Crippen molar-refractivity contribution in [3.8, 4) is 5.75 Å². The maximum atomic E-state index is 6.07. The zero-order chi connectivity index (χ0) is 20.7. The van der Waals surface area contributed by atoms with E-state index in [-0.39, 0.29) is 11.9 Å². The molecule has 2 aromatic carbocycles. The lowest BCUT2D eigenvalue weighted by Crippen LogP contribution is -2.24. The van der Waals surface area contributed by atoms with Gasteiger partial charge in [0.1, 0.15) is 5.75 Å². The lowest BCUT2D eigenvalue weighted by atomic mass is 9.91. The highest BCUT2D eigenvalue weighted by Gasteiger charge is 2.31. The van der Waals surface area contributed by atoms with Gasteiger partial charge in [0.25, 0.3) is 0 Å². The van der Waals surface area contributed by atoms with Crippen LogP contribution in [0.25, 0.3) is 0 Å². The first-order chi connectivity index (χ1) is 13.3. The molecule has 0 N–H and O–H groups in total. The molecule has 0 saturated heterocycles. The summed E-state index contributed by atoms with van der Waals surface area (Å²) >= 11 is 0. The van der Waals surface area contributed by atoms with Crippen molar-refractivity contribution in [1.82, 2.24) is 4.90 Å². The van der Waals surface area contributed by atoms with Crippen LogP contribution in [-0.4, -0.2) is 32.9 Å². The summed E-state index contributed by atoms with van der Waals surface area (Å²) in [6.07, 6.45) is 2.25. The molecule has 0 radical (unpaired) electrons. The summed E-state index contributed by atoms with van der Waals surface area (Å²) in [5, 5.41) is 1.47. The summed E-state index contributed by atoms with van der Waals surface area (Å²) in [5.74, 6) is 0.987. The number of methoxy groups -OCH3 is 1. The molecule has 2 atom stereocenters. The van der Waals surface area contributed by atoms with Crippen LogP contribution in [0.15, 0.2) is 36.4 Å². The molecular formula is C24H36NO2P. The lowest BCUT2D eigenvalue weighted by molar-refractivity contribution is 0.0495. The molecule has 0 spiro atoms. The predicted molar refractivity (Wildman–Crippen MR) is 122 cm³/mol. The number of rotatable bonds is 10. The molecule has 2 unspecified atom stereocenters. The van der Waals surface area contributed by atoms with Gasteiger partial charge in [0, 0.05) is 24.4 Å². The highest BCUT2D eigenvalue weighted by Crippen LogP contribution is 2.49. The number of ether oxygens (including phenoxy) is 2. The van der Waals surface area contributed by atoms with Crippen molar-refractivity contribution in [3.05, 3.63) is 58.7 Å². The van der Waals surface area contributed by atoms with Gasteiger partial charge in [0.15, 0.2) is 6.79 Å². The highest BCUT2D eigenvalue weighted by molar-refractivity contribution is 7.48. The van der Waals surface area contributed by atoms with E-state index < -0.39 is 0 Å². The number of hydrogen-bond donors (Lipinski definition) is 0. The molecule has 0 amide bonds. The Morgan fingerprint density at radius 2 is 1.82 bits per heavy atom. The van der Waals surface area contributed by atoms with Crippen LogP contribution in [0.4, 0.5) is 0 Å². The summed E-state index contributed by atoms with van der Waals surface area (Å²) in [6.45, 7) is 10.2. The van der Waals surface area contributed by atoms with Crippen LogP contribution in [0.5, 0.6) is 5.75 Å². The van der Waals surface area contributed by atoms with E-state index in [1.165, 1.54) is 27.6 Å². The molecule has 3 nitrogen and oxygen atoms in total. The molecule has 4 heteroatoms. The van der Waals surface area contributed by atoms with Gasteiger partial charge in [-0.1, -0.05) is 70.8 Å². The minimum atomic E-state index is 0.0248. The first-order valence-electron chi connectivity index (χ1n) is 10.0. The molecule has 154 valence electrons. The molecule has 0 fully saturated rings.